The van der Waals surface area contributed by atoms with Crippen LogP contribution >= 0.6 is 0 Å². The number of halogens is 3. The van der Waals surface area contributed by atoms with Crippen LogP contribution in [0.1, 0.15) is 34.6 Å². The number of hydrogen-bond acceptors (Lipinski definition) is 8. The molecule has 1 aliphatic heterocycles. The Morgan fingerprint density at radius 1 is 1.19 bits per heavy atom. The van der Waals surface area contributed by atoms with Crippen molar-refractivity contribution in [2.75, 3.05) is 25.9 Å². The first-order valence-electron chi connectivity index (χ1n) is 13.3. The van der Waals surface area contributed by atoms with Crippen LogP contribution in [0.5, 0.6) is 5.88 Å². The number of likely N-dealkylation sites (tertiary alicyclic amines) is 1. The molecule has 2 unspecified atom stereocenters. The van der Waals surface area contributed by atoms with Crippen molar-refractivity contribution in [1.82, 2.24) is 39.3 Å². The number of aromatic nitrogens is 6. The summed E-state index contributed by atoms with van der Waals surface area (Å²) in [5, 5.41) is 6.99. The van der Waals surface area contributed by atoms with Gasteiger partial charge in [0.2, 0.25) is 17.7 Å². The fourth-order valence-electron chi connectivity index (χ4n) is 5.56. The van der Waals surface area contributed by atoms with Crippen molar-refractivity contribution in [2.24, 2.45) is 5.92 Å². The zero-order valence-electron chi connectivity index (χ0n) is 22.8. The number of imidazole rings is 1. The lowest BCUT2D eigenvalue weighted by Crippen LogP contribution is -2.47. The van der Waals surface area contributed by atoms with Crippen LogP contribution in [0.15, 0.2) is 37.1 Å². The number of pyridine rings is 1. The molecular weight excluding hydrogens is 555 g/mol. The molecule has 0 spiro atoms. The van der Waals surface area contributed by atoms with Crippen molar-refractivity contribution >= 4 is 23.1 Å². The van der Waals surface area contributed by atoms with Crippen LogP contribution in [0, 0.1) is 12.8 Å². The van der Waals surface area contributed by atoms with Crippen molar-refractivity contribution < 1.29 is 27.5 Å². The maximum atomic E-state index is 14.9. The molecule has 0 aromatic carbocycles. The van der Waals surface area contributed by atoms with Gasteiger partial charge in [-0.25, -0.2) is 32.6 Å². The zero-order chi connectivity index (χ0) is 29.8. The Morgan fingerprint density at radius 2 is 1.98 bits per heavy atom. The molecule has 2 fully saturated rings. The van der Waals surface area contributed by atoms with Gasteiger partial charge in [-0.15, -0.1) is 0 Å². The van der Waals surface area contributed by atoms with Gasteiger partial charge >= 0.3 is 0 Å². The first-order chi connectivity index (χ1) is 20.0. The number of nitrogen functional groups attached to an aromatic ring is 1. The zero-order valence-corrected chi connectivity index (χ0v) is 22.8. The summed E-state index contributed by atoms with van der Waals surface area (Å²) in [6.45, 7) is 1.92. The van der Waals surface area contributed by atoms with E-state index in [0.29, 0.717) is 23.3 Å². The van der Waals surface area contributed by atoms with E-state index in [-0.39, 0.29) is 30.4 Å². The minimum absolute atomic E-state index is 0.0125. The van der Waals surface area contributed by atoms with Gasteiger partial charge in [0.05, 0.1) is 31.9 Å². The number of hydrogen-bond donors (Lipinski definition) is 2. The number of nitrogens with one attached hydrogen (secondary N) is 1. The molecule has 2 aliphatic rings. The van der Waals surface area contributed by atoms with Gasteiger partial charge in [-0.1, -0.05) is 0 Å². The number of aryl methyl sites for hydroxylation is 1. The average molecular weight is 584 g/mol. The molecule has 1 aliphatic carbocycles. The number of carbonyl (C=O) groups excluding carboxylic acids is 2. The molecule has 15 heteroatoms. The van der Waals surface area contributed by atoms with Crippen LogP contribution in [0.3, 0.4) is 0 Å². The third-order valence-corrected chi connectivity index (χ3v) is 7.83. The van der Waals surface area contributed by atoms with Crippen molar-refractivity contribution in [3.05, 3.63) is 54.0 Å². The van der Waals surface area contributed by atoms with E-state index in [1.807, 2.05) is 23.8 Å². The molecule has 4 aromatic rings. The number of rotatable bonds is 7. The number of alkyl halides is 3. The molecule has 220 valence electrons. The number of nitrogens with zero attached hydrogens (tertiary/aromatic N) is 7. The number of ether oxygens (including phenoxy) is 1. The maximum absolute atomic E-state index is 14.9. The molecule has 42 heavy (non-hydrogen) atoms. The summed E-state index contributed by atoms with van der Waals surface area (Å²) in [6.07, 6.45) is 3.73. The Hall–Kier alpha value is -4.69. The smallest absolute Gasteiger partial charge is 0.257 e. The molecular formula is C27H28F3N9O3. The molecule has 2 amide bonds. The van der Waals surface area contributed by atoms with Crippen LogP contribution < -0.4 is 15.8 Å². The second-order valence-corrected chi connectivity index (χ2v) is 10.6. The second-order valence-electron chi connectivity index (χ2n) is 10.6. The summed E-state index contributed by atoms with van der Waals surface area (Å²) in [4.78, 5) is 39.8. The van der Waals surface area contributed by atoms with E-state index in [4.69, 9.17) is 10.5 Å². The fourth-order valence-corrected chi connectivity index (χ4v) is 5.56. The summed E-state index contributed by atoms with van der Waals surface area (Å²) in [7, 11) is 1.35. The second kappa shape index (κ2) is 10.3. The van der Waals surface area contributed by atoms with Crippen LogP contribution in [0.25, 0.3) is 16.8 Å². The highest BCUT2D eigenvalue weighted by atomic mass is 19.3. The number of methoxy groups -OCH3 is 1. The van der Waals surface area contributed by atoms with E-state index in [2.05, 4.69) is 25.4 Å². The largest absolute Gasteiger partial charge is 0.480 e. The highest BCUT2D eigenvalue weighted by Gasteiger charge is 2.51. The van der Waals surface area contributed by atoms with Gasteiger partial charge in [0, 0.05) is 55.0 Å². The minimum Gasteiger partial charge on any atom is -0.480 e. The molecule has 2 atom stereocenters. The highest BCUT2D eigenvalue weighted by molar-refractivity contribution is 5.98. The van der Waals surface area contributed by atoms with E-state index in [0.717, 1.165) is 11.4 Å². The standard InChI is InChI=1S/C27H28F3N9O3/c1-14-32-3-4-37(14)10-16-6-21(39-22(16)23(31)34-13-35-39)15-5-18(25(42-2)33-9-15)24(40)36-20-12-38(11-19(20)28)26(41)17-7-27(29,30)8-17/h3-6,9,13,17,19-20H,7-8,10-12H2,1-2H3,(H,36,40)(H2,31,34,35). The topological polar surface area (TPSA) is 146 Å². The Kier molecular flexibility index (Phi) is 6.74. The van der Waals surface area contributed by atoms with E-state index in [1.54, 1.807) is 16.8 Å². The highest BCUT2D eigenvalue weighted by Crippen LogP contribution is 2.43. The monoisotopic (exact) mass is 583 g/mol. The van der Waals surface area contributed by atoms with Crippen LogP contribution in [-0.4, -0.2) is 84.2 Å². The number of nitrogens with two attached hydrogens (primary N) is 1. The summed E-state index contributed by atoms with van der Waals surface area (Å²) < 4.78 is 50.2. The van der Waals surface area contributed by atoms with Crippen LogP contribution in [-0.2, 0) is 11.3 Å². The predicted octanol–water partition coefficient (Wildman–Crippen LogP) is 2.26. The Bertz CT molecular complexity index is 1680. The van der Waals surface area contributed by atoms with Gasteiger partial charge < -0.3 is 25.3 Å². The number of carbonyl (C=O) groups is 2. The molecule has 6 rings (SSSR count). The SMILES string of the molecule is COc1ncc(-c2cc(Cn3ccnc3C)c3c(N)ncnn23)cc1C(=O)NC1CN(C(=O)C2CC(F)(F)C2)CC1F. The number of amides is 2. The van der Waals surface area contributed by atoms with Crippen LogP contribution in [0.4, 0.5) is 19.0 Å². The molecule has 12 nitrogen and oxygen atoms in total. The first kappa shape index (κ1) is 27.5. The number of anilines is 1. The van der Waals surface area contributed by atoms with Crippen molar-refractivity contribution in [1.29, 1.82) is 0 Å². The van der Waals surface area contributed by atoms with Crippen molar-refractivity contribution in [2.45, 2.75) is 44.4 Å². The molecule has 3 N–H and O–H groups in total. The third kappa shape index (κ3) is 4.88. The van der Waals surface area contributed by atoms with Gasteiger partial charge in [-0.2, -0.15) is 5.10 Å². The lowest BCUT2D eigenvalue weighted by atomic mass is 9.80. The Morgan fingerprint density at radius 3 is 2.67 bits per heavy atom. The average Bonchev–Trinajstić information content (AvgIpc) is 3.64. The van der Waals surface area contributed by atoms with E-state index >= 15 is 0 Å². The molecule has 0 bridgehead atoms. The number of fused-ring (bicyclic) bond motifs is 1. The minimum atomic E-state index is -2.86. The quantitative estimate of drug-likeness (QED) is 0.337. The van der Waals surface area contributed by atoms with Crippen LogP contribution in [0.2, 0.25) is 0 Å². The van der Waals surface area contributed by atoms with Gasteiger partial charge in [-0.05, 0) is 19.1 Å². The van der Waals surface area contributed by atoms with Crippen molar-refractivity contribution in [3.8, 4) is 17.1 Å². The normalized spacial score (nSPS) is 20.1. The van der Waals surface area contributed by atoms with Gasteiger partial charge in [0.15, 0.2) is 5.82 Å². The molecule has 1 saturated heterocycles. The maximum Gasteiger partial charge on any atom is 0.257 e. The van der Waals surface area contributed by atoms with Gasteiger partial charge in [0.1, 0.15) is 29.4 Å². The summed E-state index contributed by atoms with van der Waals surface area (Å²) in [5.41, 5.74) is 8.74. The Labute approximate surface area is 237 Å². The summed E-state index contributed by atoms with van der Waals surface area (Å²) >= 11 is 0. The summed E-state index contributed by atoms with van der Waals surface area (Å²) in [5.74, 6) is -3.80. The third-order valence-electron chi connectivity index (χ3n) is 7.83. The lowest BCUT2D eigenvalue weighted by molar-refractivity contribution is -0.159. The molecule has 1 saturated carbocycles. The molecule has 5 heterocycles. The van der Waals surface area contributed by atoms with E-state index < -0.39 is 48.7 Å². The lowest BCUT2D eigenvalue weighted by Gasteiger charge is -2.36. The van der Waals surface area contributed by atoms with Gasteiger partial charge in [0.25, 0.3) is 5.91 Å². The Balaban J connectivity index is 1.27. The summed E-state index contributed by atoms with van der Waals surface area (Å²) in [6, 6.07) is 2.39. The fraction of sp³-hybridized carbons (Fsp3) is 0.407. The first-order valence-corrected chi connectivity index (χ1v) is 13.3. The molecule has 0 radical (unpaired) electrons. The molecule has 4 aromatic heterocycles. The van der Waals surface area contributed by atoms with E-state index in [1.165, 1.54) is 24.5 Å². The predicted molar refractivity (Wildman–Crippen MR) is 144 cm³/mol. The van der Waals surface area contributed by atoms with E-state index in [9.17, 15) is 22.8 Å². The van der Waals surface area contributed by atoms with Gasteiger partial charge in [-0.3, -0.25) is 9.59 Å². The van der Waals surface area contributed by atoms with Crippen molar-refractivity contribution in [3.63, 3.8) is 0 Å².